The molecule has 1 N–H and O–H groups in total. The molecule has 0 radical (unpaired) electrons. The van der Waals surface area contributed by atoms with E-state index in [4.69, 9.17) is 0 Å². The third-order valence-electron chi connectivity index (χ3n) is 4.40. The third-order valence-corrected chi connectivity index (χ3v) is 4.40. The van der Waals surface area contributed by atoms with Crippen LogP contribution in [0.3, 0.4) is 0 Å². The number of hydrogen-bond acceptors (Lipinski definition) is 3. The Balaban J connectivity index is 1.78. The van der Waals surface area contributed by atoms with Crippen LogP contribution in [-0.4, -0.2) is 41.7 Å². The molecule has 1 heterocycles. The normalized spacial score (nSPS) is 17.4. The van der Waals surface area contributed by atoms with E-state index in [2.05, 4.69) is 48.8 Å². The number of hydrogen-bond donors (Lipinski definition) is 1. The first-order valence-electron chi connectivity index (χ1n) is 7.66. The molecular weight excluding hydrogens is 260 g/mol. The molecule has 0 amide bonds. The van der Waals surface area contributed by atoms with Crippen LogP contribution in [-0.2, 0) is 0 Å². The minimum atomic E-state index is 0.257. The Hall–Kier alpha value is -1.74. The number of benzene rings is 2. The van der Waals surface area contributed by atoms with Crippen molar-refractivity contribution in [3.8, 4) is 5.75 Å². The minimum absolute atomic E-state index is 0.257. The maximum absolute atomic E-state index is 9.54. The molecule has 112 valence electrons. The van der Waals surface area contributed by atoms with Crippen LogP contribution in [0.15, 0.2) is 36.4 Å². The van der Waals surface area contributed by atoms with E-state index in [9.17, 15) is 5.11 Å². The monoisotopic (exact) mass is 284 g/mol. The van der Waals surface area contributed by atoms with Crippen molar-refractivity contribution in [3.05, 3.63) is 36.4 Å². The topological polar surface area (TPSA) is 26.7 Å². The van der Waals surface area contributed by atoms with Crippen molar-refractivity contribution in [2.45, 2.75) is 26.3 Å². The highest BCUT2D eigenvalue weighted by molar-refractivity contribution is 5.87. The number of nitrogens with zero attached hydrogens (tertiary/aromatic N) is 2. The van der Waals surface area contributed by atoms with Gasteiger partial charge in [-0.3, -0.25) is 4.90 Å². The predicted molar refractivity (Wildman–Crippen MR) is 89.2 cm³/mol. The van der Waals surface area contributed by atoms with E-state index < -0.39 is 0 Å². The van der Waals surface area contributed by atoms with E-state index in [1.165, 1.54) is 11.1 Å². The standard InChI is InChI=1S/C18H24N2O/c1-18(2,3)20-10-8-19(9-11-20)16-6-4-15-13-17(21)7-5-14(15)12-16/h4-7,12-13,21H,8-11H2,1-3H3. The van der Waals surface area contributed by atoms with Gasteiger partial charge in [0.15, 0.2) is 0 Å². The second-order valence-corrected chi connectivity index (χ2v) is 6.86. The summed E-state index contributed by atoms with van der Waals surface area (Å²) in [5.74, 6) is 0.328. The van der Waals surface area contributed by atoms with Gasteiger partial charge in [-0.2, -0.15) is 0 Å². The number of phenols is 1. The molecule has 3 rings (SSSR count). The van der Waals surface area contributed by atoms with Gasteiger partial charge in [0.25, 0.3) is 0 Å². The zero-order valence-corrected chi connectivity index (χ0v) is 13.1. The summed E-state index contributed by atoms with van der Waals surface area (Å²) in [5, 5.41) is 11.8. The van der Waals surface area contributed by atoms with Gasteiger partial charge >= 0.3 is 0 Å². The lowest BCUT2D eigenvalue weighted by Crippen LogP contribution is -2.53. The fraction of sp³-hybridized carbons (Fsp3) is 0.444. The Morgan fingerprint density at radius 3 is 2.14 bits per heavy atom. The van der Waals surface area contributed by atoms with Crippen LogP contribution < -0.4 is 4.90 Å². The fourth-order valence-electron chi connectivity index (χ4n) is 3.05. The molecular formula is C18H24N2O. The molecule has 0 aliphatic carbocycles. The van der Waals surface area contributed by atoms with Crippen LogP contribution in [0.5, 0.6) is 5.75 Å². The molecule has 2 aromatic carbocycles. The van der Waals surface area contributed by atoms with E-state index >= 15 is 0 Å². The smallest absolute Gasteiger partial charge is 0.116 e. The lowest BCUT2D eigenvalue weighted by Gasteiger charge is -2.43. The van der Waals surface area contributed by atoms with Crippen molar-refractivity contribution in [2.75, 3.05) is 31.1 Å². The van der Waals surface area contributed by atoms with Gasteiger partial charge in [0.1, 0.15) is 5.75 Å². The van der Waals surface area contributed by atoms with Crippen LogP contribution in [0, 0.1) is 0 Å². The number of anilines is 1. The molecule has 3 heteroatoms. The number of piperazine rings is 1. The maximum atomic E-state index is 9.54. The van der Waals surface area contributed by atoms with Crippen LogP contribution >= 0.6 is 0 Å². The van der Waals surface area contributed by atoms with E-state index in [-0.39, 0.29) is 5.54 Å². The number of fused-ring (bicyclic) bond motifs is 1. The van der Waals surface area contributed by atoms with Crippen molar-refractivity contribution in [1.82, 2.24) is 4.90 Å². The molecule has 0 atom stereocenters. The second kappa shape index (κ2) is 5.23. The Morgan fingerprint density at radius 2 is 1.48 bits per heavy atom. The van der Waals surface area contributed by atoms with Crippen molar-refractivity contribution < 1.29 is 5.11 Å². The highest BCUT2D eigenvalue weighted by atomic mass is 16.3. The molecule has 2 aromatic rings. The van der Waals surface area contributed by atoms with E-state index in [0.717, 1.165) is 31.6 Å². The summed E-state index contributed by atoms with van der Waals surface area (Å²) < 4.78 is 0. The largest absolute Gasteiger partial charge is 0.508 e. The summed E-state index contributed by atoms with van der Waals surface area (Å²) >= 11 is 0. The zero-order chi connectivity index (χ0) is 15.0. The first-order chi connectivity index (χ1) is 9.93. The summed E-state index contributed by atoms with van der Waals surface area (Å²) in [7, 11) is 0. The Kier molecular flexibility index (Phi) is 3.54. The lowest BCUT2D eigenvalue weighted by atomic mass is 10.0. The predicted octanol–water partition coefficient (Wildman–Crippen LogP) is 3.47. The molecule has 0 unspecified atom stereocenters. The Labute approximate surface area is 126 Å². The second-order valence-electron chi connectivity index (χ2n) is 6.86. The number of rotatable bonds is 1. The quantitative estimate of drug-likeness (QED) is 0.868. The molecule has 0 aromatic heterocycles. The maximum Gasteiger partial charge on any atom is 0.116 e. The minimum Gasteiger partial charge on any atom is -0.508 e. The van der Waals surface area contributed by atoms with Gasteiger partial charge in [0.05, 0.1) is 0 Å². The molecule has 0 spiro atoms. The van der Waals surface area contributed by atoms with Gasteiger partial charge < -0.3 is 10.0 Å². The SMILES string of the molecule is CC(C)(C)N1CCN(c2ccc3cc(O)ccc3c2)CC1. The summed E-state index contributed by atoms with van der Waals surface area (Å²) in [6.07, 6.45) is 0. The first kappa shape index (κ1) is 14.2. The van der Waals surface area contributed by atoms with Crippen LogP contribution in [0.2, 0.25) is 0 Å². The molecule has 1 saturated heterocycles. The highest BCUT2D eigenvalue weighted by Gasteiger charge is 2.25. The Bertz CT molecular complexity index is 637. The zero-order valence-electron chi connectivity index (χ0n) is 13.1. The van der Waals surface area contributed by atoms with Crippen LogP contribution in [0.1, 0.15) is 20.8 Å². The average molecular weight is 284 g/mol. The molecule has 3 nitrogen and oxygen atoms in total. The van der Waals surface area contributed by atoms with Gasteiger partial charge in [0.2, 0.25) is 0 Å². The van der Waals surface area contributed by atoms with E-state index in [1.54, 1.807) is 6.07 Å². The van der Waals surface area contributed by atoms with Gasteiger partial charge in [0, 0.05) is 37.4 Å². The van der Waals surface area contributed by atoms with E-state index in [1.807, 2.05) is 12.1 Å². The average Bonchev–Trinajstić information content (AvgIpc) is 2.46. The highest BCUT2D eigenvalue weighted by Crippen LogP contribution is 2.26. The molecule has 21 heavy (non-hydrogen) atoms. The summed E-state index contributed by atoms with van der Waals surface area (Å²) in [6, 6.07) is 12.0. The van der Waals surface area contributed by atoms with Crippen molar-refractivity contribution in [1.29, 1.82) is 0 Å². The van der Waals surface area contributed by atoms with Crippen LogP contribution in [0.4, 0.5) is 5.69 Å². The molecule has 1 aliphatic heterocycles. The number of phenolic OH excluding ortho intramolecular Hbond substituents is 1. The molecule has 0 bridgehead atoms. The van der Waals surface area contributed by atoms with Crippen molar-refractivity contribution in [2.24, 2.45) is 0 Å². The molecule has 1 fully saturated rings. The lowest BCUT2D eigenvalue weighted by molar-refractivity contribution is 0.128. The molecule has 0 saturated carbocycles. The van der Waals surface area contributed by atoms with Crippen molar-refractivity contribution in [3.63, 3.8) is 0 Å². The van der Waals surface area contributed by atoms with Crippen LogP contribution in [0.25, 0.3) is 10.8 Å². The Morgan fingerprint density at radius 1 is 0.857 bits per heavy atom. The van der Waals surface area contributed by atoms with Gasteiger partial charge in [-0.25, -0.2) is 0 Å². The summed E-state index contributed by atoms with van der Waals surface area (Å²) in [5.41, 5.74) is 1.54. The summed E-state index contributed by atoms with van der Waals surface area (Å²) in [4.78, 5) is 5.00. The summed E-state index contributed by atoms with van der Waals surface area (Å²) in [6.45, 7) is 11.2. The van der Waals surface area contributed by atoms with E-state index in [0.29, 0.717) is 5.75 Å². The molecule has 1 aliphatic rings. The van der Waals surface area contributed by atoms with Gasteiger partial charge in [-0.15, -0.1) is 0 Å². The van der Waals surface area contributed by atoms with Gasteiger partial charge in [-0.1, -0.05) is 12.1 Å². The first-order valence-corrected chi connectivity index (χ1v) is 7.66. The number of aromatic hydroxyl groups is 1. The van der Waals surface area contributed by atoms with Crippen molar-refractivity contribution >= 4 is 16.5 Å². The fourth-order valence-corrected chi connectivity index (χ4v) is 3.05. The third kappa shape index (κ3) is 2.98. The van der Waals surface area contributed by atoms with Gasteiger partial charge in [-0.05, 0) is 55.8 Å².